The van der Waals surface area contributed by atoms with Gasteiger partial charge in [0, 0.05) is 16.9 Å². The van der Waals surface area contributed by atoms with Crippen LogP contribution >= 0.6 is 0 Å². The Labute approximate surface area is 208 Å². The van der Waals surface area contributed by atoms with E-state index < -0.39 is 30.2 Å². The SMILES string of the molecule is Nc1cc(N)cc(CCC(=Cc2ccc(C(=O)Oc3ccc(OC(F)(F)C(F)F)cc3)cc2)C(=O)O)c1. The van der Waals surface area contributed by atoms with E-state index in [9.17, 15) is 32.3 Å². The fraction of sp³-hybridized carbons (Fsp3) is 0.154. The Bertz CT molecular complexity index is 1270. The van der Waals surface area contributed by atoms with Gasteiger partial charge in [0.2, 0.25) is 0 Å². The Hall–Kier alpha value is -4.54. The molecule has 0 heterocycles. The molecule has 3 rings (SSSR count). The predicted molar refractivity (Wildman–Crippen MR) is 129 cm³/mol. The van der Waals surface area contributed by atoms with Gasteiger partial charge >= 0.3 is 24.5 Å². The smallest absolute Gasteiger partial charge is 0.461 e. The predicted octanol–water partition coefficient (Wildman–Crippen LogP) is 5.41. The molecule has 11 heteroatoms. The minimum atomic E-state index is -4.65. The second-order valence-electron chi connectivity index (χ2n) is 7.93. The molecular formula is C26H22F4N2O5. The summed E-state index contributed by atoms with van der Waals surface area (Å²) in [6, 6.07) is 15.1. The summed E-state index contributed by atoms with van der Waals surface area (Å²) in [4.78, 5) is 24.1. The average molecular weight is 518 g/mol. The molecule has 5 N–H and O–H groups in total. The summed E-state index contributed by atoms with van der Waals surface area (Å²) < 4.78 is 59.5. The molecule has 0 saturated heterocycles. The van der Waals surface area contributed by atoms with E-state index in [0.717, 1.165) is 29.8 Å². The summed E-state index contributed by atoms with van der Waals surface area (Å²) in [5.74, 6) is -2.44. The highest BCUT2D eigenvalue weighted by atomic mass is 19.3. The number of ether oxygens (including phenoxy) is 2. The van der Waals surface area contributed by atoms with Crippen molar-refractivity contribution in [3.05, 3.63) is 89.0 Å². The Morgan fingerprint density at radius 1 is 0.919 bits per heavy atom. The molecule has 3 aromatic carbocycles. The van der Waals surface area contributed by atoms with Gasteiger partial charge in [0.25, 0.3) is 0 Å². The van der Waals surface area contributed by atoms with Crippen LogP contribution in [-0.4, -0.2) is 29.6 Å². The normalized spacial score (nSPS) is 11.9. The molecule has 0 aromatic heterocycles. The van der Waals surface area contributed by atoms with Crippen LogP contribution in [0.4, 0.5) is 28.9 Å². The molecule has 194 valence electrons. The number of carboxylic acids is 1. The first-order valence-corrected chi connectivity index (χ1v) is 10.8. The monoisotopic (exact) mass is 518 g/mol. The maximum Gasteiger partial charge on any atom is 0.461 e. The maximum absolute atomic E-state index is 13.0. The summed E-state index contributed by atoms with van der Waals surface area (Å²) in [5, 5.41) is 9.56. The quantitative estimate of drug-likeness (QED) is 0.108. The third-order valence-electron chi connectivity index (χ3n) is 5.02. The molecule has 0 aliphatic carbocycles. The second-order valence-corrected chi connectivity index (χ2v) is 7.93. The van der Waals surface area contributed by atoms with Crippen LogP contribution in [0, 0.1) is 0 Å². The number of carbonyl (C=O) groups excluding carboxylic acids is 1. The molecule has 0 unspecified atom stereocenters. The van der Waals surface area contributed by atoms with Crippen molar-refractivity contribution in [1.29, 1.82) is 0 Å². The largest absolute Gasteiger partial charge is 0.478 e. The van der Waals surface area contributed by atoms with Crippen LogP contribution in [0.25, 0.3) is 6.08 Å². The van der Waals surface area contributed by atoms with Crippen LogP contribution in [0.2, 0.25) is 0 Å². The number of anilines is 2. The van der Waals surface area contributed by atoms with E-state index in [2.05, 4.69) is 4.74 Å². The van der Waals surface area contributed by atoms with Crippen molar-refractivity contribution in [3.63, 3.8) is 0 Å². The van der Waals surface area contributed by atoms with E-state index in [0.29, 0.717) is 23.4 Å². The van der Waals surface area contributed by atoms with Crippen molar-refractivity contribution in [3.8, 4) is 11.5 Å². The van der Waals surface area contributed by atoms with Crippen LogP contribution in [0.3, 0.4) is 0 Å². The zero-order valence-corrected chi connectivity index (χ0v) is 19.2. The highest BCUT2D eigenvalue weighted by molar-refractivity contribution is 5.93. The van der Waals surface area contributed by atoms with Gasteiger partial charge in [-0.3, -0.25) is 0 Å². The van der Waals surface area contributed by atoms with E-state index in [-0.39, 0.29) is 23.3 Å². The van der Waals surface area contributed by atoms with Crippen molar-refractivity contribution in [2.24, 2.45) is 0 Å². The lowest BCUT2D eigenvalue weighted by atomic mass is 10.0. The van der Waals surface area contributed by atoms with E-state index in [1.54, 1.807) is 18.2 Å². The number of nitrogens with two attached hydrogens (primary N) is 2. The number of carboxylic acid groups (broad SMARTS) is 1. The first-order valence-electron chi connectivity index (χ1n) is 10.8. The maximum atomic E-state index is 13.0. The molecule has 3 aromatic rings. The summed E-state index contributed by atoms with van der Waals surface area (Å²) in [5.41, 5.74) is 14.1. The van der Waals surface area contributed by atoms with Gasteiger partial charge in [-0.25, -0.2) is 9.59 Å². The highest BCUT2D eigenvalue weighted by Crippen LogP contribution is 2.29. The molecular weight excluding hydrogens is 496 g/mol. The van der Waals surface area contributed by atoms with Gasteiger partial charge in [-0.1, -0.05) is 12.1 Å². The zero-order chi connectivity index (χ0) is 27.2. The Balaban J connectivity index is 1.63. The van der Waals surface area contributed by atoms with Gasteiger partial charge in [0.15, 0.2) is 0 Å². The lowest BCUT2D eigenvalue weighted by Gasteiger charge is -2.16. The Kier molecular flexibility index (Phi) is 8.38. The lowest BCUT2D eigenvalue weighted by Crippen LogP contribution is -2.33. The number of alkyl halides is 4. The van der Waals surface area contributed by atoms with Crippen molar-refractivity contribution in [2.45, 2.75) is 25.4 Å². The van der Waals surface area contributed by atoms with Gasteiger partial charge in [0.05, 0.1) is 5.56 Å². The minimum Gasteiger partial charge on any atom is -0.478 e. The molecule has 0 spiro atoms. The molecule has 0 fully saturated rings. The third-order valence-corrected chi connectivity index (χ3v) is 5.02. The number of rotatable bonds is 10. The van der Waals surface area contributed by atoms with E-state index in [1.165, 1.54) is 30.3 Å². The number of aryl methyl sites for hydroxylation is 1. The standard InChI is InChI=1S/C26H22F4N2O5/c27-25(28)26(29,30)37-22-9-7-21(8-10-22)36-24(35)17-4-1-15(2-5-17)11-18(23(33)34)6-3-16-12-19(31)14-20(32)13-16/h1-2,4-5,7-14,25H,3,6,31-32H2,(H,33,34). The average Bonchev–Trinajstić information content (AvgIpc) is 2.82. The lowest BCUT2D eigenvalue weighted by molar-refractivity contribution is -0.253. The van der Waals surface area contributed by atoms with Crippen LogP contribution in [-0.2, 0) is 11.2 Å². The molecule has 7 nitrogen and oxygen atoms in total. The number of halogens is 4. The van der Waals surface area contributed by atoms with Crippen LogP contribution in [0.5, 0.6) is 11.5 Å². The zero-order valence-electron chi connectivity index (χ0n) is 19.2. The summed E-state index contributed by atoms with van der Waals surface area (Å²) in [7, 11) is 0. The Morgan fingerprint density at radius 2 is 1.49 bits per heavy atom. The van der Waals surface area contributed by atoms with Gasteiger partial charge in [0.1, 0.15) is 11.5 Å². The van der Waals surface area contributed by atoms with Crippen molar-refractivity contribution in [2.75, 3.05) is 11.5 Å². The minimum absolute atomic E-state index is 0.0305. The first-order chi connectivity index (χ1) is 17.4. The first kappa shape index (κ1) is 27.1. The highest BCUT2D eigenvalue weighted by Gasteiger charge is 2.43. The number of benzene rings is 3. The molecule has 0 atom stereocenters. The number of nitrogen functional groups attached to an aromatic ring is 2. The third kappa shape index (κ3) is 7.72. The van der Waals surface area contributed by atoms with Crippen molar-refractivity contribution < 1.29 is 41.7 Å². The van der Waals surface area contributed by atoms with Gasteiger partial charge in [-0.15, -0.1) is 0 Å². The number of aliphatic carboxylic acids is 1. The molecule has 37 heavy (non-hydrogen) atoms. The second kappa shape index (κ2) is 11.5. The molecule has 0 amide bonds. The summed E-state index contributed by atoms with van der Waals surface area (Å²) >= 11 is 0. The molecule has 0 bridgehead atoms. The van der Waals surface area contributed by atoms with Crippen molar-refractivity contribution >= 4 is 29.4 Å². The topological polar surface area (TPSA) is 125 Å². The van der Waals surface area contributed by atoms with Crippen LogP contribution < -0.4 is 20.9 Å². The van der Waals surface area contributed by atoms with Gasteiger partial charge in [-0.05, 0) is 84.6 Å². The van der Waals surface area contributed by atoms with Crippen LogP contribution in [0.1, 0.15) is 27.9 Å². The molecule has 0 saturated carbocycles. The summed E-state index contributed by atoms with van der Waals surface area (Å²) in [6.07, 6.45) is -6.57. The Morgan fingerprint density at radius 3 is 2.03 bits per heavy atom. The fourth-order valence-electron chi connectivity index (χ4n) is 3.27. The van der Waals surface area contributed by atoms with E-state index in [4.69, 9.17) is 16.2 Å². The summed E-state index contributed by atoms with van der Waals surface area (Å²) in [6.45, 7) is 0. The molecule has 0 aliphatic rings. The molecule has 0 radical (unpaired) electrons. The van der Waals surface area contributed by atoms with Crippen LogP contribution in [0.15, 0.2) is 72.3 Å². The van der Waals surface area contributed by atoms with E-state index in [1.807, 2.05) is 0 Å². The number of hydrogen-bond acceptors (Lipinski definition) is 6. The van der Waals surface area contributed by atoms with Gasteiger partial charge < -0.3 is 26.0 Å². The number of carbonyl (C=O) groups is 2. The number of hydrogen-bond donors (Lipinski definition) is 3. The van der Waals surface area contributed by atoms with E-state index >= 15 is 0 Å². The fourth-order valence-corrected chi connectivity index (χ4v) is 3.27. The number of esters is 1. The van der Waals surface area contributed by atoms with Gasteiger partial charge in [-0.2, -0.15) is 17.6 Å². The van der Waals surface area contributed by atoms with Crippen molar-refractivity contribution in [1.82, 2.24) is 0 Å². The molecule has 0 aliphatic heterocycles.